The summed E-state index contributed by atoms with van der Waals surface area (Å²) in [6.45, 7) is 1.75. The molecule has 0 fully saturated rings. The molecule has 1 aromatic carbocycles. The highest BCUT2D eigenvalue weighted by Crippen LogP contribution is 2.26. The number of benzene rings is 1. The molecule has 106 valence electrons. The molecule has 0 aliphatic heterocycles. The van der Waals surface area contributed by atoms with Crippen molar-refractivity contribution in [3.05, 3.63) is 52.3 Å². The maximum atomic E-state index is 12.2. The lowest BCUT2D eigenvalue weighted by atomic mass is 10.2. The zero-order valence-electron chi connectivity index (χ0n) is 11.5. The van der Waals surface area contributed by atoms with Gasteiger partial charge in [0.05, 0.1) is 24.4 Å². The summed E-state index contributed by atoms with van der Waals surface area (Å²) in [7, 11) is 1.47. The van der Waals surface area contributed by atoms with E-state index in [-0.39, 0.29) is 11.1 Å². The predicted octanol–water partition coefficient (Wildman–Crippen LogP) is 3.18. The number of ether oxygens (including phenoxy) is 1. The molecule has 0 aliphatic rings. The highest BCUT2D eigenvalue weighted by molar-refractivity contribution is 6.29. The van der Waals surface area contributed by atoms with Crippen molar-refractivity contribution in [3.63, 3.8) is 0 Å². The first-order chi connectivity index (χ1) is 10.0. The van der Waals surface area contributed by atoms with E-state index < -0.39 is 0 Å². The van der Waals surface area contributed by atoms with Gasteiger partial charge in [0, 0.05) is 17.3 Å². The number of hydrogen-bond donors (Lipinski definition) is 1. The summed E-state index contributed by atoms with van der Waals surface area (Å²) in [6.07, 6.45) is 0. The normalized spacial score (nSPS) is 9.81. The highest BCUT2D eigenvalue weighted by Gasteiger charge is 2.12. The lowest BCUT2D eigenvalue weighted by Gasteiger charge is -2.10. The number of nitriles is 1. The third-order valence-corrected chi connectivity index (χ3v) is 2.96. The first-order valence-electron chi connectivity index (χ1n) is 6.07. The molecule has 0 radical (unpaired) electrons. The van der Waals surface area contributed by atoms with E-state index in [1.54, 1.807) is 31.2 Å². The van der Waals surface area contributed by atoms with Gasteiger partial charge in [0.2, 0.25) is 0 Å². The summed E-state index contributed by atoms with van der Waals surface area (Å²) < 4.78 is 5.17. The first kappa shape index (κ1) is 14.8. The first-order valence-corrected chi connectivity index (χ1v) is 6.45. The zero-order chi connectivity index (χ0) is 15.4. The van der Waals surface area contributed by atoms with Gasteiger partial charge >= 0.3 is 0 Å². The van der Waals surface area contributed by atoms with E-state index in [1.807, 2.05) is 6.07 Å². The SMILES string of the molecule is COc1cc(C#N)ccc1NC(=O)c1cc(C)nc(Cl)c1. The molecule has 2 rings (SSSR count). The average molecular weight is 302 g/mol. The largest absolute Gasteiger partial charge is 0.495 e. The summed E-state index contributed by atoms with van der Waals surface area (Å²) >= 11 is 5.84. The van der Waals surface area contributed by atoms with Gasteiger partial charge in [0.25, 0.3) is 5.91 Å². The van der Waals surface area contributed by atoms with Gasteiger partial charge in [-0.2, -0.15) is 5.26 Å². The van der Waals surface area contributed by atoms with E-state index >= 15 is 0 Å². The Kier molecular flexibility index (Phi) is 4.41. The molecule has 1 heterocycles. The number of aromatic nitrogens is 1. The molecule has 0 atom stereocenters. The zero-order valence-corrected chi connectivity index (χ0v) is 12.2. The number of methoxy groups -OCH3 is 1. The number of amides is 1. The molecule has 1 amide bonds. The minimum atomic E-state index is -0.328. The molecule has 0 saturated carbocycles. The molecular formula is C15H12ClN3O2. The van der Waals surface area contributed by atoms with Gasteiger partial charge in [0.1, 0.15) is 10.9 Å². The molecule has 0 aliphatic carbocycles. The molecule has 6 heteroatoms. The number of carbonyl (C=O) groups is 1. The number of aryl methyl sites for hydroxylation is 1. The van der Waals surface area contributed by atoms with E-state index in [0.29, 0.717) is 28.3 Å². The highest BCUT2D eigenvalue weighted by atomic mass is 35.5. The Hall–Kier alpha value is -2.58. The van der Waals surface area contributed by atoms with Crippen LogP contribution in [0.3, 0.4) is 0 Å². The van der Waals surface area contributed by atoms with Crippen molar-refractivity contribution in [2.45, 2.75) is 6.92 Å². The van der Waals surface area contributed by atoms with Gasteiger partial charge in [-0.15, -0.1) is 0 Å². The van der Waals surface area contributed by atoms with E-state index in [0.717, 1.165) is 0 Å². The number of nitrogens with one attached hydrogen (secondary N) is 1. The minimum Gasteiger partial charge on any atom is -0.495 e. The van der Waals surface area contributed by atoms with Crippen molar-refractivity contribution in [2.75, 3.05) is 12.4 Å². The third-order valence-electron chi connectivity index (χ3n) is 2.76. The summed E-state index contributed by atoms with van der Waals surface area (Å²) in [5.74, 6) is 0.0877. The fraction of sp³-hybridized carbons (Fsp3) is 0.133. The number of rotatable bonds is 3. The maximum Gasteiger partial charge on any atom is 0.255 e. The number of pyridine rings is 1. The number of carbonyl (C=O) groups excluding carboxylic acids is 1. The Balaban J connectivity index is 2.29. The summed E-state index contributed by atoms with van der Waals surface area (Å²) in [5.41, 5.74) is 1.98. The van der Waals surface area contributed by atoms with Crippen LogP contribution in [0.5, 0.6) is 5.75 Å². The van der Waals surface area contributed by atoms with Gasteiger partial charge in [-0.25, -0.2) is 4.98 Å². The molecule has 0 spiro atoms. The second-order valence-electron chi connectivity index (χ2n) is 4.30. The second kappa shape index (κ2) is 6.25. The van der Waals surface area contributed by atoms with Crippen molar-refractivity contribution in [1.29, 1.82) is 5.26 Å². The molecule has 1 aromatic heterocycles. The lowest BCUT2D eigenvalue weighted by molar-refractivity contribution is 0.102. The number of halogens is 1. The van der Waals surface area contributed by atoms with Crippen LogP contribution in [0.2, 0.25) is 5.15 Å². The fourth-order valence-corrected chi connectivity index (χ4v) is 2.07. The van der Waals surface area contributed by atoms with Gasteiger partial charge in [0.15, 0.2) is 0 Å². The molecule has 2 aromatic rings. The monoisotopic (exact) mass is 301 g/mol. The van der Waals surface area contributed by atoms with E-state index in [2.05, 4.69) is 10.3 Å². The summed E-state index contributed by atoms with van der Waals surface area (Å²) in [4.78, 5) is 16.2. The molecule has 21 heavy (non-hydrogen) atoms. The predicted molar refractivity (Wildman–Crippen MR) is 79.6 cm³/mol. The summed E-state index contributed by atoms with van der Waals surface area (Å²) in [6, 6.07) is 9.90. The molecule has 5 nitrogen and oxygen atoms in total. The van der Waals surface area contributed by atoms with Gasteiger partial charge in [-0.1, -0.05) is 11.6 Å². The Labute approximate surface area is 127 Å². The second-order valence-corrected chi connectivity index (χ2v) is 4.69. The van der Waals surface area contributed by atoms with E-state index in [9.17, 15) is 4.79 Å². The van der Waals surface area contributed by atoms with Crippen molar-refractivity contribution < 1.29 is 9.53 Å². The van der Waals surface area contributed by atoms with Crippen molar-refractivity contribution in [2.24, 2.45) is 0 Å². The Morgan fingerprint density at radius 2 is 2.14 bits per heavy atom. The van der Waals surface area contributed by atoms with Crippen molar-refractivity contribution in [1.82, 2.24) is 4.98 Å². The van der Waals surface area contributed by atoms with Crippen LogP contribution in [0.1, 0.15) is 21.6 Å². The van der Waals surface area contributed by atoms with Crippen LogP contribution in [0, 0.1) is 18.3 Å². The standard InChI is InChI=1S/C15H12ClN3O2/c1-9-5-11(7-14(16)18-9)15(20)19-12-4-3-10(8-17)6-13(12)21-2/h3-7H,1-2H3,(H,19,20). The average Bonchev–Trinajstić information content (AvgIpc) is 2.46. The number of hydrogen-bond acceptors (Lipinski definition) is 4. The van der Waals surface area contributed by atoms with Crippen molar-refractivity contribution in [3.8, 4) is 11.8 Å². The Morgan fingerprint density at radius 1 is 1.38 bits per heavy atom. The van der Waals surface area contributed by atoms with E-state index in [4.69, 9.17) is 21.6 Å². The van der Waals surface area contributed by atoms with Crippen LogP contribution in [-0.4, -0.2) is 18.0 Å². The molecular weight excluding hydrogens is 290 g/mol. The van der Waals surface area contributed by atoms with Crippen LogP contribution in [-0.2, 0) is 0 Å². The van der Waals surface area contributed by atoms with Crippen LogP contribution >= 0.6 is 11.6 Å². The fourth-order valence-electron chi connectivity index (χ4n) is 1.82. The smallest absolute Gasteiger partial charge is 0.255 e. The summed E-state index contributed by atoms with van der Waals surface area (Å²) in [5, 5.41) is 11.8. The van der Waals surface area contributed by atoms with E-state index in [1.165, 1.54) is 13.2 Å². The van der Waals surface area contributed by atoms with Crippen LogP contribution < -0.4 is 10.1 Å². The van der Waals surface area contributed by atoms with Crippen LogP contribution in [0.4, 0.5) is 5.69 Å². The lowest BCUT2D eigenvalue weighted by Crippen LogP contribution is -2.13. The topological polar surface area (TPSA) is 75.0 Å². The Morgan fingerprint density at radius 3 is 2.76 bits per heavy atom. The van der Waals surface area contributed by atoms with Gasteiger partial charge in [-0.05, 0) is 31.2 Å². The third kappa shape index (κ3) is 3.50. The van der Waals surface area contributed by atoms with Crippen LogP contribution in [0.25, 0.3) is 0 Å². The van der Waals surface area contributed by atoms with Crippen molar-refractivity contribution >= 4 is 23.2 Å². The molecule has 0 unspecified atom stereocenters. The molecule has 0 saturated heterocycles. The minimum absolute atomic E-state index is 0.256. The van der Waals surface area contributed by atoms with Gasteiger partial charge < -0.3 is 10.1 Å². The molecule has 0 bridgehead atoms. The Bertz CT molecular complexity index is 718. The number of anilines is 1. The van der Waals surface area contributed by atoms with Crippen LogP contribution in [0.15, 0.2) is 30.3 Å². The maximum absolute atomic E-state index is 12.2. The number of nitrogens with zero attached hydrogens (tertiary/aromatic N) is 2. The molecule has 1 N–H and O–H groups in total. The van der Waals surface area contributed by atoms with Gasteiger partial charge in [-0.3, -0.25) is 4.79 Å². The quantitative estimate of drug-likeness (QED) is 0.884.